The second kappa shape index (κ2) is 34.7. The molecule has 1 saturated heterocycles. The van der Waals surface area contributed by atoms with Gasteiger partial charge in [-0.3, -0.25) is 52.7 Å². The zero-order valence-corrected chi connectivity index (χ0v) is 55.3. The van der Waals surface area contributed by atoms with Crippen LogP contribution in [0.4, 0.5) is 0 Å². The molecule has 0 bridgehead atoms. The molecule has 1 fully saturated rings. The third-order valence-electron chi connectivity index (χ3n) is 16.7. The van der Waals surface area contributed by atoms with Crippen LogP contribution in [-0.2, 0) is 52.7 Å². The second-order valence-corrected chi connectivity index (χ2v) is 26.9. The van der Waals surface area contributed by atoms with E-state index in [1.165, 1.54) is 68.6 Å². The Hall–Kier alpha value is -5.37. The number of Topliss-reactive ketones (excluding diaryl/α,β-unsaturated/α-hetero) is 4. The lowest BCUT2D eigenvalue weighted by Crippen LogP contribution is -2.61. The van der Waals surface area contributed by atoms with E-state index in [9.17, 15) is 63.0 Å². The SMILES string of the molecule is C/C=C/C[C@@H](C)[C@@H](O)[C@@H]1NC(=O)[C@H](C(C)C)N(C)C(=O)[C@H](CC(C)C)CC(=O)[C@H](CC(C)C)N(C)C(=O)[C@@H](C)NC(=O)[C@H](C)CC(=O)[C@H](CC(C)C)N(C)C(=O)[C@H](C(C)C)CC(=O)[C@H](C(C)(C)CO)N(C)C(=O)[C@@H](C)CC(=O)[C@H](CC)NC1=O. The number of aliphatic hydroxyl groups excluding tert-OH is 2. The van der Waals surface area contributed by atoms with Gasteiger partial charge in [-0.15, -0.1) is 0 Å². The molecule has 20 nitrogen and oxygen atoms in total. The smallest absolute Gasteiger partial charge is 0.245 e. The van der Waals surface area contributed by atoms with Gasteiger partial charge in [-0.2, -0.15) is 0 Å². The van der Waals surface area contributed by atoms with Crippen molar-refractivity contribution in [3.05, 3.63) is 12.2 Å². The Bertz CT molecular complexity index is 2300. The molecule has 1 heterocycles. The number of likely N-dealkylation sites (N-methyl/N-ethyl adjacent to an activating group) is 4. The van der Waals surface area contributed by atoms with Crippen molar-refractivity contribution in [2.75, 3.05) is 34.8 Å². The van der Waals surface area contributed by atoms with E-state index < -0.39 is 173 Å². The Balaban J connectivity index is 4.26. The van der Waals surface area contributed by atoms with Crippen LogP contribution in [-0.4, -0.2) is 177 Å². The molecule has 13 atom stereocenters. The summed E-state index contributed by atoms with van der Waals surface area (Å²) in [7, 11) is 5.79. The average Bonchev–Trinajstić information content (AvgIpc) is 3.37. The number of carbonyl (C=O) groups is 11. The molecule has 0 aliphatic carbocycles. The summed E-state index contributed by atoms with van der Waals surface area (Å²) in [6.07, 6.45) is 1.71. The van der Waals surface area contributed by atoms with Crippen LogP contribution in [0.2, 0.25) is 0 Å². The zero-order chi connectivity index (χ0) is 65.2. The number of amides is 7. The van der Waals surface area contributed by atoms with Crippen LogP contribution in [0.3, 0.4) is 0 Å². The van der Waals surface area contributed by atoms with Crippen LogP contribution in [0.25, 0.3) is 0 Å². The number of nitrogens with zero attached hydrogens (tertiary/aromatic N) is 4. The van der Waals surface area contributed by atoms with Gasteiger partial charge >= 0.3 is 0 Å². The number of hydrogen-bond acceptors (Lipinski definition) is 13. The minimum atomic E-state index is -1.64. The van der Waals surface area contributed by atoms with Crippen molar-refractivity contribution in [1.82, 2.24) is 35.6 Å². The Labute approximate surface area is 503 Å². The number of aliphatic hydroxyl groups is 2. The van der Waals surface area contributed by atoms with Crippen LogP contribution >= 0.6 is 0 Å². The maximum atomic E-state index is 14.8. The first-order valence-corrected chi connectivity index (χ1v) is 30.7. The van der Waals surface area contributed by atoms with Crippen LogP contribution in [0.15, 0.2) is 12.2 Å². The summed E-state index contributed by atoms with van der Waals surface area (Å²) in [5.41, 5.74) is -1.26. The van der Waals surface area contributed by atoms with Gasteiger partial charge in [0.15, 0.2) is 23.1 Å². The highest BCUT2D eigenvalue weighted by Crippen LogP contribution is 2.32. The molecule has 84 heavy (non-hydrogen) atoms. The molecule has 0 spiro atoms. The number of ketones is 4. The fourth-order valence-electron chi connectivity index (χ4n) is 11.5. The van der Waals surface area contributed by atoms with E-state index in [2.05, 4.69) is 16.0 Å². The van der Waals surface area contributed by atoms with Crippen molar-refractivity contribution in [1.29, 1.82) is 0 Å². The van der Waals surface area contributed by atoms with Gasteiger partial charge in [0.25, 0.3) is 0 Å². The van der Waals surface area contributed by atoms with Crippen LogP contribution < -0.4 is 16.0 Å². The zero-order valence-electron chi connectivity index (χ0n) is 55.3. The first-order chi connectivity index (χ1) is 38.7. The molecule has 0 aromatic heterocycles. The fraction of sp³-hybridized carbons (Fsp3) is 0.797. The highest BCUT2D eigenvalue weighted by molar-refractivity contribution is 6.00. The summed E-state index contributed by atoms with van der Waals surface area (Å²) in [6, 6.07) is -8.58. The predicted octanol–water partition coefficient (Wildman–Crippen LogP) is 5.97. The Morgan fingerprint density at radius 2 is 1.06 bits per heavy atom. The summed E-state index contributed by atoms with van der Waals surface area (Å²) in [6.45, 7) is 30.6. The monoisotopic (exact) mass is 1190 g/mol. The van der Waals surface area contributed by atoms with Crippen molar-refractivity contribution in [3.63, 3.8) is 0 Å². The van der Waals surface area contributed by atoms with Gasteiger partial charge < -0.3 is 45.8 Å². The van der Waals surface area contributed by atoms with Gasteiger partial charge in [0.05, 0.1) is 36.9 Å². The number of allylic oxidation sites excluding steroid dienone is 2. The third-order valence-corrected chi connectivity index (χ3v) is 16.7. The minimum Gasteiger partial charge on any atom is -0.396 e. The highest BCUT2D eigenvalue weighted by atomic mass is 16.3. The van der Waals surface area contributed by atoms with Gasteiger partial charge in [-0.25, -0.2) is 0 Å². The lowest BCUT2D eigenvalue weighted by molar-refractivity contribution is -0.150. The fourth-order valence-corrected chi connectivity index (χ4v) is 11.5. The van der Waals surface area contributed by atoms with Crippen molar-refractivity contribution < 1.29 is 63.0 Å². The van der Waals surface area contributed by atoms with Gasteiger partial charge in [-0.1, -0.05) is 123 Å². The molecule has 0 saturated carbocycles. The number of carbonyl (C=O) groups excluding carboxylic acids is 11. The first kappa shape index (κ1) is 76.6. The van der Waals surface area contributed by atoms with E-state index in [1.54, 1.807) is 74.5 Å². The molecule has 0 radical (unpaired) electrons. The highest BCUT2D eigenvalue weighted by Gasteiger charge is 2.45. The van der Waals surface area contributed by atoms with Crippen molar-refractivity contribution in [3.8, 4) is 0 Å². The lowest BCUT2D eigenvalue weighted by Gasteiger charge is -2.40. The molecule has 1 rings (SSSR count). The first-order valence-electron chi connectivity index (χ1n) is 30.7. The summed E-state index contributed by atoms with van der Waals surface area (Å²) >= 11 is 0. The van der Waals surface area contributed by atoms with Gasteiger partial charge in [-0.05, 0) is 81.5 Å². The topological polar surface area (TPSA) is 277 Å². The van der Waals surface area contributed by atoms with Crippen molar-refractivity contribution in [2.45, 2.75) is 231 Å². The van der Waals surface area contributed by atoms with Gasteiger partial charge in [0, 0.05) is 83.0 Å². The van der Waals surface area contributed by atoms with E-state index in [0.29, 0.717) is 6.42 Å². The van der Waals surface area contributed by atoms with E-state index in [-0.39, 0.29) is 62.7 Å². The molecule has 0 aromatic rings. The number of hydrogen-bond donors (Lipinski definition) is 5. The molecule has 0 unspecified atom stereocenters. The molecular weight excluding hydrogens is 1070 g/mol. The summed E-state index contributed by atoms with van der Waals surface area (Å²) in [5, 5.41) is 30.8. The molecule has 0 aromatic carbocycles. The second-order valence-electron chi connectivity index (χ2n) is 26.9. The van der Waals surface area contributed by atoms with Crippen LogP contribution in [0.5, 0.6) is 0 Å². The maximum Gasteiger partial charge on any atom is 0.245 e. The third kappa shape index (κ3) is 21.9. The van der Waals surface area contributed by atoms with Gasteiger partial charge in [0.1, 0.15) is 18.1 Å². The average molecular weight is 1190 g/mol. The molecule has 1 aliphatic heterocycles. The number of nitrogens with one attached hydrogen (secondary N) is 3. The lowest BCUT2D eigenvalue weighted by atomic mass is 9.77. The van der Waals surface area contributed by atoms with Crippen LogP contribution in [0.1, 0.15) is 182 Å². The van der Waals surface area contributed by atoms with Gasteiger partial charge in [0.2, 0.25) is 41.4 Å². The van der Waals surface area contributed by atoms with E-state index in [1.807, 2.05) is 41.5 Å². The van der Waals surface area contributed by atoms with Crippen LogP contribution in [0, 0.1) is 64.6 Å². The Kier molecular flexibility index (Phi) is 31.7. The normalized spacial score (nSPS) is 28.1. The molecule has 1 aliphatic rings. The van der Waals surface area contributed by atoms with Crippen molar-refractivity contribution >= 4 is 64.5 Å². The standard InChI is InChI=1S/C64H111N7O13/c1-23-25-26-40(13)55(77)53-58(79)66-46(24-2)49(73)31-42(15)60(81)71(22)56(64(17,18)34-72)52(76)33-45(38(9)10)63(84)69(20)47(28-36(5)6)50(74)30-41(14)57(78)65-43(16)61(82)68(19)48(29-37(7)8)51(75)32-44(27-35(3)4)62(83)70(21)54(39(11)12)59(80)67-53/h23,25,35-48,53-56,72,77H,24,26-34H2,1-22H3,(H,65,78)(H,66,79)(H,67,80)/b25-23+/t40-,41-,42+,43-,44-,45+,46+,47+,48+,53+,54+,55-,56-/m1/s1. The maximum absolute atomic E-state index is 14.8. The summed E-state index contributed by atoms with van der Waals surface area (Å²) < 4.78 is 0. The summed E-state index contributed by atoms with van der Waals surface area (Å²) in [5.74, 6) is -12.4. The Morgan fingerprint density at radius 1 is 0.560 bits per heavy atom. The minimum absolute atomic E-state index is 0.0460. The quantitative estimate of drug-likeness (QED) is 0.119. The summed E-state index contributed by atoms with van der Waals surface area (Å²) in [4.78, 5) is 164. The predicted molar refractivity (Wildman–Crippen MR) is 325 cm³/mol. The molecule has 480 valence electrons. The largest absolute Gasteiger partial charge is 0.396 e. The van der Waals surface area contributed by atoms with Crippen molar-refractivity contribution in [2.24, 2.45) is 64.6 Å². The van der Waals surface area contributed by atoms with E-state index >= 15 is 0 Å². The Morgan fingerprint density at radius 3 is 1.52 bits per heavy atom. The molecule has 20 heteroatoms. The molecule has 5 N–H and O–H groups in total. The van der Waals surface area contributed by atoms with E-state index in [0.717, 1.165) is 0 Å². The molecular formula is C64H111N7O13. The molecule has 7 amide bonds. The number of rotatable bonds is 15. The van der Waals surface area contributed by atoms with E-state index in [4.69, 9.17) is 0 Å².